The first-order valence-electron chi connectivity index (χ1n) is 10.9. The summed E-state index contributed by atoms with van der Waals surface area (Å²) in [4.78, 5) is 27.7. The second-order valence-corrected chi connectivity index (χ2v) is 8.35. The summed E-state index contributed by atoms with van der Waals surface area (Å²) in [6.07, 6.45) is -0.291. The number of hydrogen-bond acceptors (Lipinski definition) is 5. The van der Waals surface area contributed by atoms with Gasteiger partial charge in [0.1, 0.15) is 23.3 Å². The van der Waals surface area contributed by atoms with E-state index >= 15 is 0 Å². The van der Waals surface area contributed by atoms with Crippen molar-refractivity contribution >= 4 is 22.8 Å². The van der Waals surface area contributed by atoms with Crippen molar-refractivity contribution in [1.82, 2.24) is 9.80 Å². The summed E-state index contributed by atoms with van der Waals surface area (Å²) in [5, 5.41) is 9.83. The molecule has 7 nitrogen and oxygen atoms in total. The van der Waals surface area contributed by atoms with Crippen LogP contribution in [0.25, 0.3) is 11.0 Å². The molecule has 33 heavy (non-hydrogen) atoms. The maximum atomic E-state index is 13.8. The molecule has 1 saturated heterocycles. The van der Waals surface area contributed by atoms with Gasteiger partial charge in [-0.1, -0.05) is 30.3 Å². The third kappa shape index (κ3) is 5.70. The average molecular weight is 454 g/mol. The molecule has 1 aliphatic rings. The van der Waals surface area contributed by atoms with Crippen LogP contribution in [-0.4, -0.2) is 66.2 Å². The van der Waals surface area contributed by atoms with Gasteiger partial charge in [-0.05, 0) is 36.2 Å². The average Bonchev–Trinajstić information content (AvgIpc) is 3.40. The van der Waals surface area contributed by atoms with Crippen LogP contribution in [0.3, 0.4) is 0 Å². The van der Waals surface area contributed by atoms with Crippen LogP contribution in [0.15, 0.2) is 59.0 Å². The molecular formula is C25H27FN2O5. The number of furan rings is 1. The van der Waals surface area contributed by atoms with Gasteiger partial charge in [0.15, 0.2) is 6.61 Å². The number of aliphatic carboxylic acids is 1. The van der Waals surface area contributed by atoms with E-state index in [0.29, 0.717) is 37.6 Å². The number of nitrogens with zero attached hydrogens (tertiary/aromatic N) is 2. The molecule has 0 radical (unpaired) electrons. The van der Waals surface area contributed by atoms with Gasteiger partial charge >= 0.3 is 5.97 Å². The normalized spacial score (nSPS) is 17.2. The second-order valence-electron chi connectivity index (χ2n) is 8.35. The molecule has 4 rings (SSSR count). The van der Waals surface area contributed by atoms with Gasteiger partial charge in [0.2, 0.25) is 5.91 Å². The van der Waals surface area contributed by atoms with Crippen LogP contribution in [0.4, 0.5) is 4.39 Å². The molecule has 0 aliphatic carbocycles. The van der Waals surface area contributed by atoms with Crippen molar-refractivity contribution in [2.24, 2.45) is 0 Å². The maximum Gasteiger partial charge on any atom is 0.341 e. The molecule has 1 aromatic heterocycles. The number of likely N-dealkylation sites (tertiary alicyclic amines) is 1. The Morgan fingerprint density at radius 2 is 2.06 bits per heavy atom. The lowest BCUT2D eigenvalue weighted by Gasteiger charge is -2.32. The number of carbonyl (C=O) groups excluding carboxylic acids is 1. The zero-order valence-corrected chi connectivity index (χ0v) is 18.4. The molecule has 0 spiro atoms. The van der Waals surface area contributed by atoms with E-state index in [1.807, 2.05) is 41.3 Å². The smallest absolute Gasteiger partial charge is 0.341 e. The fourth-order valence-electron chi connectivity index (χ4n) is 4.18. The van der Waals surface area contributed by atoms with Crippen LogP contribution >= 0.6 is 0 Å². The minimum atomic E-state index is -1.07. The number of hydrogen-bond donors (Lipinski definition) is 1. The summed E-state index contributed by atoms with van der Waals surface area (Å²) in [5.74, 6) is -0.216. The minimum Gasteiger partial charge on any atom is -0.482 e. The van der Waals surface area contributed by atoms with E-state index in [-0.39, 0.29) is 18.4 Å². The molecule has 174 valence electrons. The molecule has 2 unspecified atom stereocenters. The summed E-state index contributed by atoms with van der Waals surface area (Å²) in [7, 11) is 1.73. The second kappa shape index (κ2) is 10.0. The quantitative estimate of drug-likeness (QED) is 0.531. The van der Waals surface area contributed by atoms with E-state index in [9.17, 15) is 14.0 Å². The number of carboxylic acids is 1. The van der Waals surface area contributed by atoms with Crippen LogP contribution in [-0.2, 0) is 16.0 Å². The van der Waals surface area contributed by atoms with Gasteiger partial charge in [0.25, 0.3) is 0 Å². The van der Waals surface area contributed by atoms with Gasteiger partial charge in [0.05, 0.1) is 12.5 Å². The number of rotatable bonds is 9. The van der Waals surface area contributed by atoms with E-state index in [1.165, 1.54) is 0 Å². The first kappa shape index (κ1) is 22.8. The molecule has 1 N–H and O–H groups in total. The van der Waals surface area contributed by atoms with Gasteiger partial charge in [-0.25, -0.2) is 9.18 Å². The Bertz CT molecular complexity index is 1100. The lowest BCUT2D eigenvalue weighted by atomic mass is 10.0. The Balaban J connectivity index is 1.54. The molecule has 1 aliphatic heterocycles. The van der Waals surface area contributed by atoms with Crippen molar-refractivity contribution in [1.29, 1.82) is 0 Å². The predicted molar refractivity (Wildman–Crippen MR) is 121 cm³/mol. The zero-order valence-electron chi connectivity index (χ0n) is 18.4. The van der Waals surface area contributed by atoms with Crippen LogP contribution in [0.1, 0.15) is 23.8 Å². The van der Waals surface area contributed by atoms with Gasteiger partial charge in [-0.2, -0.15) is 0 Å². The number of ether oxygens (including phenoxy) is 1. The van der Waals surface area contributed by atoms with Crippen molar-refractivity contribution in [3.8, 4) is 5.75 Å². The highest BCUT2D eigenvalue weighted by atomic mass is 19.1. The van der Waals surface area contributed by atoms with Crippen LogP contribution in [0.2, 0.25) is 0 Å². The molecule has 3 aromatic rings. The number of fused-ring (bicyclic) bond motifs is 1. The summed E-state index contributed by atoms with van der Waals surface area (Å²) < 4.78 is 24.9. The minimum absolute atomic E-state index is 0.0998. The van der Waals surface area contributed by atoms with E-state index in [4.69, 9.17) is 14.3 Å². The molecular weight excluding hydrogens is 427 g/mol. The fourth-order valence-corrected chi connectivity index (χ4v) is 4.18. The number of para-hydroxylation sites is 1. The van der Waals surface area contributed by atoms with Crippen LogP contribution in [0, 0.1) is 0 Å². The molecule has 8 heteroatoms. The summed E-state index contributed by atoms with van der Waals surface area (Å²) in [6, 6.07) is 16.1. The zero-order chi connectivity index (χ0) is 23.4. The molecule has 1 amide bonds. The highest BCUT2D eigenvalue weighted by molar-refractivity contribution is 5.82. The van der Waals surface area contributed by atoms with Gasteiger partial charge < -0.3 is 19.2 Å². The highest BCUT2D eigenvalue weighted by Crippen LogP contribution is 2.28. The van der Waals surface area contributed by atoms with E-state index < -0.39 is 18.7 Å². The van der Waals surface area contributed by atoms with E-state index in [2.05, 4.69) is 0 Å². The van der Waals surface area contributed by atoms with Gasteiger partial charge in [0, 0.05) is 32.1 Å². The topological polar surface area (TPSA) is 83.2 Å². The third-order valence-electron chi connectivity index (χ3n) is 5.91. The number of likely N-dealkylation sites (N-methyl/N-ethyl adjacent to an activating group) is 1. The van der Waals surface area contributed by atoms with Crippen molar-refractivity contribution in [3.05, 3.63) is 65.9 Å². The largest absolute Gasteiger partial charge is 0.482 e. The van der Waals surface area contributed by atoms with Crippen molar-refractivity contribution in [2.45, 2.75) is 25.1 Å². The Morgan fingerprint density at radius 3 is 2.79 bits per heavy atom. The summed E-state index contributed by atoms with van der Waals surface area (Å²) in [5.41, 5.74) is 1.52. The number of carbonyl (C=O) groups is 2. The Hall–Kier alpha value is -3.39. The molecule has 2 heterocycles. The lowest BCUT2D eigenvalue weighted by Crippen LogP contribution is -2.39. The van der Waals surface area contributed by atoms with Crippen LogP contribution < -0.4 is 4.74 Å². The van der Waals surface area contributed by atoms with Gasteiger partial charge in [-0.3, -0.25) is 9.69 Å². The Kier molecular flexibility index (Phi) is 6.93. The SMILES string of the molecule is CN(C(=O)Cc1cc2ccccc2o1)C(CN1CCC(F)C1)c1cccc(OCC(=O)O)c1. The standard InChI is InChI=1S/C25H27FN2O5/c1-27(24(29)13-21-12-18-5-2-3-8-23(18)33-21)22(15-28-10-9-19(26)14-28)17-6-4-7-20(11-17)32-16-25(30)31/h2-8,11-12,19,22H,9-10,13-16H2,1H3,(H,30,31). The Morgan fingerprint density at radius 1 is 1.24 bits per heavy atom. The number of amides is 1. The third-order valence-corrected chi connectivity index (χ3v) is 5.91. The monoisotopic (exact) mass is 454 g/mol. The highest BCUT2D eigenvalue weighted by Gasteiger charge is 2.29. The van der Waals surface area contributed by atoms with Crippen molar-refractivity contribution in [3.63, 3.8) is 0 Å². The first-order valence-corrected chi connectivity index (χ1v) is 10.9. The molecule has 1 fully saturated rings. The number of benzene rings is 2. The number of carboxylic acid groups (broad SMARTS) is 1. The predicted octanol–water partition coefficient (Wildman–Crippen LogP) is 3.68. The summed E-state index contributed by atoms with van der Waals surface area (Å²) >= 11 is 0. The lowest BCUT2D eigenvalue weighted by molar-refractivity contribution is -0.139. The Labute approximate surface area is 191 Å². The van der Waals surface area contributed by atoms with E-state index in [1.54, 1.807) is 30.1 Å². The summed E-state index contributed by atoms with van der Waals surface area (Å²) in [6.45, 7) is 0.964. The van der Waals surface area contributed by atoms with Gasteiger partial charge in [-0.15, -0.1) is 0 Å². The molecule has 0 saturated carbocycles. The molecule has 0 bridgehead atoms. The maximum absolute atomic E-state index is 13.8. The molecule has 2 aromatic carbocycles. The van der Waals surface area contributed by atoms with E-state index in [0.717, 1.165) is 16.5 Å². The van der Waals surface area contributed by atoms with Crippen LogP contribution in [0.5, 0.6) is 5.75 Å². The number of halogens is 1. The number of alkyl halides is 1. The van der Waals surface area contributed by atoms with Crippen molar-refractivity contribution in [2.75, 3.05) is 33.3 Å². The fraction of sp³-hybridized carbons (Fsp3) is 0.360. The van der Waals surface area contributed by atoms with Crippen molar-refractivity contribution < 1.29 is 28.2 Å². The molecule has 2 atom stereocenters. The first-order chi connectivity index (χ1) is 15.9.